The third kappa shape index (κ3) is 2.19. The van der Waals surface area contributed by atoms with Crippen LogP contribution < -0.4 is 0 Å². The van der Waals surface area contributed by atoms with Crippen molar-refractivity contribution >= 4 is 17.6 Å². The molecular formula is C13H9ClFNO2. The molecule has 1 heterocycles. The molecule has 0 radical (unpaired) electrons. The van der Waals surface area contributed by atoms with Crippen molar-refractivity contribution in [2.75, 3.05) is 0 Å². The van der Waals surface area contributed by atoms with Crippen molar-refractivity contribution < 1.29 is 14.3 Å². The molecule has 2 rings (SSSR count). The van der Waals surface area contributed by atoms with Gasteiger partial charge in [0.1, 0.15) is 5.82 Å². The lowest BCUT2D eigenvalue weighted by molar-refractivity contribution is 0.0696. The number of hydrogen-bond donors (Lipinski definition) is 1. The lowest BCUT2D eigenvalue weighted by Crippen LogP contribution is -2.02. The average molecular weight is 266 g/mol. The van der Waals surface area contributed by atoms with E-state index in [-0.39, 0.29) is 16.4 Å². The van der Waals surface area contributed by atoms with E-state index in [1.165, 1.54) is 30.5 Å². The summed E-state index contributed by atoms with van der Waals surface area (Å²) in [5, 5.41) is 9.10. The number of carboxylic acid groups (broad SMARTS) is 1. The Morgan fingerprint density at radius 1 is 1.33 bits per heavy atom. The third-order valence-corrected chi connectivity index (χ3v) is 2.96. The number of halogens is 2. The molecule has 1 N–H and O–H groups in total. The Labute approximate surface area is 108 Å². The van der Waals surface area contributed by atoms with E-state index in [1.807, 2.05) is 0 Å². The van der Waals surface area contributed by atoms with Crippen molar-refractivity contribution in [2.45, 2.75) is 6.92 Å². The van der Waals surface area contributed by atoms with E-state index in [0.29, 0.717) is 16.8 Å². The van der Waals surface area contributed by atoms with Crippen molar-refractivity contribution in [2.24, 2.45) is 0 Å². The van der Waals surface area contributed by atoms with Crippen molar-refractivity contribution in [1.29, 1.82) is 0 Å². The number of rotatable bonds is 2. The average Bonchev–Trinajstić information content (AvgIpc) is 2.31. The van der Waals surface area contributed by atoms with Crippen LogP contribution in [0.2, 0.25) is 5.02 Å². The first-order valence-corrected chi connectivity index (χ1v) is 5.53. The van der Waals surface area contributed by atoms with Crippen LogP contribution in [0.5, 0.6) is 0 Å². The highest BCUT2D eigenvalue weighted by atomic mass is 35.5. The van der Waals surface area contributed by atoms with Gasteiger partial charge in [0.15, 0.2) is 0 Å². The maximum absolute atomic E-state index is 12.9. The molecule has 0 atom stereocenters. The van der Waals surface area contributed by atoms with Gasteiger partial charge in [-0.15, -0.1) is 0 Å². The molecule has 0 aliphatic rings. The van der Waals surface area contributed by atoms with E-state index < -0.39 is 5.97 Å². The molecule has 0 unspecified atom stereocenters. The Balaban J connectivity index is 2.66. The molecule has 0 saturated carbocycles. The Morgan fingerprint density at radius 2 is 1.94 bits per heavy atom. The topological polar surface area (TPSA) is 50.2 Å². The zero-order valence-electron chi connectivity index (χ0n) is 9.45. The number of aromatic carboxylic acids is 1. The number of benzene rings is 1. The predicted molar refractivity (Wildman–Crippen MR) is 66.3 cm³/mol. The number of hydrogen-bond acceptors (Lipinski definition) is 2. The second-order valence-corrected chi connectivity index (χ2v) is 4.14. The van der Waals surface area contributed by atoms with Gasteiger partial charge in [-0.05, 0) is 24.6 Å². The van der Waals surface area contributed by atoms with Gasteiger partial charge in [0.25, 0.3) is 0 Å². The van der Waals surface area contributed by atoms with Crippen LogP contribution in [0.25, 0.3) is 11.1 Å². The molecule has 0 bridgehead atoms. The van der Waals surface area contributed by atoms with Crippen molar-refractivity contribution in [1.82, 2.24) is 4.98 Å². The van der Waals surface area contributed by atoms with Gasteiger partial charge in [-0.3, -0.25) is 4.98 Å². The zero-order valence-corrected chi connectivity index (χ0v) is 10.2. The number of carboxylic acids is 1. The van der Waals surface area contributed by atoms with Crippen LogP contribution in [0, 0.1) is 12.7 Å². The summed E-state index contributed by atoms with van der Waals surface area (Å²) in [7, 11) is 0. The standard InChI is InChI=1S/C13H9ClFNO2/c1-7-11(8-2-4-9(15)5-3-8)12(14)10(6-16-7)13(17)18/h2-6H,1H3,(H,17,18). The van der Waals surface area contributed by atoms with E-state index in [4.69, 9.17) is 16.7 Å². The molecule has 1 aromatic heterocycles. The highest BCUT2D eigenvalue weighted by Gasteiger charge is 2.16. The summed E-state index contributed by atoms with van der Waals surface area (Å²) in [5.74, 6) is -1.51. The largest absolute Gasteiger partial charge is 0.478 e. The molecule has 0 amide bonds. The first-order valence-electron chi connectivity index (χ1n) is 5.15. The molecule has 2 aromatic rings. The van der Waals surface area contributed by atoms with Crippen LogP contribution >= 0.6 is 11.6 Å². The number of aromatic nitrogens is 1. The van der Waals surface area contributed by atoms with Gasteiger partial charge in [0.2, 0.25) is 0 Å². The van der Waals surface area contributed by atoms with Gasteiger partial charge in [-0.25, -0.2) is 9.18 Å². The quantitative estimate of drug-likeness (QED) is 0.903. The minimum Gasteiger partial charge on any atom is -0.478 e. The molecule has 0 spiro atoms. The normalized spacial score (nSPS) is 10.4. The van der Waals surface area contributed by atoms with Gasteiger partial charge in [-0.1, -0.05) is 23.7 Å². The minimum absolute atomic E-state index is 0.0680. The zero-order chi connectivity index (χ0) is 13.3. The predicted octanol–water partition coefficient (Wildman–Crippen LogP) is 3.55. The second-order valence-electron chi connectivity index (χ2n) is 3.76. The van der Waals surface area contributed by atoms with E-state index >= 15 is 0 Å². The van der Waals surface area contributed by atoms with Gasteiger partial charge < -0.3 is 5.11 Å². The monoisotopic (exact) mass is 265 g/mol. The van der Waals surface area contributed by atoms with Gasteiger partial charge in [0.05, 0.1) is 10.6 Å². The number of pyridine rings is 1. The fraction of sp³-hybridized carbons (Fsp3) is 0.0769. The van der Waals surface area contributed by atoms with Crippen LogP contribution in [0.3, 0.4) is 0 Å². The highest BCUT2D eigenvalue weighted by Crippen LogP contribution is 2.32. The summed E-state index contributed by atoms with van der Waals surface area (Å²) in [5.41, 5.74) is 1.67. The molecule has 5 heteroatoms. The van der Waals surface area contributed by atoms with Crippen LogP contribution in [0.1, 0.15) is 16.1 Å². The Bertz CT molecular complexity index is 611. The van der Waals surface area contributed by atoms with Gasteiger partial charge >= 0.3 is 5.97 Å². The summed E-state index contributed by atoms with van der Waals surface area (Å²) in [6, 6.07) is 5.66. The lowest BCUT2D eigenvalue weighted by atomic mass is 10.0. The van der Waals surface area contributed by atoms with E-state index in [9.17, 15) is 9.18 Å². The van der Waals surface area contributed by atoms with Crippen molar-refractivity contribution in [3.63, 3.8) is 0 Å². The molecule has 18 heavy (non-hydrogen) atoms. The fourth-order valence-electron chi connectivity index (χ4n) is 1.68. The maximum atomic E-state index is 12.9. The third-order valence-electron chi connectivity index (χ3n) is 2.57. The molecule has 0 aliphatic heterocycles. The number of carbonyl (C=O) groups is 1. The van der Waals surface area contributed by atoms with Crippen LogP contribution in [-0.2, 0) is 0 Å². The summed E-state index contributed by atoms with van der Waals surface area (Å²) in [4.78, 5) is 15.0. The van der Waals surface area contributed by atoms with Gasteiger partial charge in [-0.2, -0.15) is 0 Å². The molecule has 1 aromatic carbocycles. The molecule has 92 valence electrons. The number of nitrogens with zero attached hydrogens (tertiary/aromatic N) is 1. The van der Waals surface area contributed by atoms with E-state index in [2.05, 4.69) is 4.98 Å². The van der Waals surface area contributed by atoms with Crippen molar-refractivity contribution in [3.05, 3.63) is 52.6 Å². The molecule has 3 nitrogen and oxygen atoms in total. The molecular weight excluding hydrogens is 257 g/mol. The Kier molecular flexibility index (Phi) is 3.30. The first-order chi connectivity index (χ1) is 8.50. The second kappa shape index (κ2) is 4.74. The molecule has 0 fully saturated rings. The summed E-state index contributed by atoms with van der Waals surface area (Å²) >= 11 is 6.07. The van der Waals surface area contributed by atoms with E-state index in [1.54, 1.807) is 6.92 Å². The van der Waals surface area contributed by atoms with E-state index in [0.717, 1.165) is 0 Å². The molecule has 0 saturated heterocycles. The summed E-state index contributed by atoms with van der Waals surface area (Å²) in [6.45, 7) is 1.72. The van der Waals surface area contributed by atoms with Crippen LogP contribution in [0.15, 0.2) is 30.5 Å². The number of aryl methyl sites for hydroxylation is 1. The Morgan fingerprint density at radius 3 is 2.50 bits per heavy atom. The Hall–Kier alpha value is -1.94. The highest BCUT2D eigenvalue weighted by molar-refractivity contribution is 6.36. The smallest absolute Gasteiger partial charge is 0.338 e. The summed E-state index contributed by atoms with van der Waals surface area (Å²) < 4.78 is 12.9. The lowest BCUT2D eigenvalue weighted by Gasteiger charge is -2.10. The maximum Gasteiger partial charge on any atom is 0.338 e. The minimum atomic E-state index is -1.14. The van der Waals surface area contributed by atoms with Gasteiger partial charge in [0, 0.05) is 17.5 Å². The first kappa shape index (κ1) is 12.5. The molecule has 0 aliphatic carbocycles. The van der Waals surface area contributed by atoms with Crippen LogP contribution in [-0.4, -0.2) is 16.1 Å². The summed E-state index contributed by atoms with van der Waals surface area (Å²) in [6.07, 6.45) is 1.22. The van der Waals surface area contributed by atoms with Crippen LogP contribution in [0.4, 0.5) is 4.39 Å². The fourth-order valence-corrected chi connectivity index (χ4v) is 2.05. The SMILES string of the molecule is Cc1ncc(C(=O)O)c(Cl)c1-c1ccc(F)cc1. The van der Waals surface area contributed by atoms with Crippen molar-refractivity contribution in [3.8, 4) is 11.1 Å².